The van der Waals surface area contributed by atoms with Crippen LogP contribution >= 0.6 is 11.6 Å². The average molecular weight is 330 g/mol. The van der Waals surface area contributed by atoms with Crippen molar-refractivity contribution < 1.29 is 9.59 Å². The molecular weight excluding hydrogens is 314 g/mol. The Morgan fingerprint density at radius 2 is 1.65 bits per heavy atom. The summed E-state index contributed by atoms with van der Waals surface area (Å²) in [6.45, 7) is 3.73. The SMILES string of the molecule is CC(=NNC(=O)C(=O)Nc1ccccc1Cl)c1ccc(C)cc1. The van der Waals surface area contributed by atoms with E-state index in [1.807, 2.05) is 31.2 Å². The highest BCUT2D eigenvalue weighted by molar-refractivity contribution is 6.41. The number of carbonyl (C=O) groups excluding carboxylic acids is 2. The number of hydrazone groups is 1. The van der Waals surface area contributed by atoms with Crippen molar-refractivity contribution in [1.82, 2.24) is 5.43 Å². The second kappa shape index (κ2) is 7.56. The van der Waals surface area contributed by atoms with E-state index in [0.29, 0.717) is 16.4 Å². The van der Waals surface area contributed by atoms with Crippen LogP contribution in [0.1, 0.15) is 18.1 Å². The molecule has 0 radical (unpaired) electrons. The first kappa shape index (κ1) is 16.7. The minimum absolute atomic E-state index is 0.355. The second-order valence-electron chi connectivity index (χ2n) is 4.94. The zero-order chi connectivity index (χ0) is 16.8. The van der Waals surface area contributed by atoms with Crippen LogP contribution in [0, 0.1) is 6.92 Å². The van der Waals surface area contributed by atoms with Gasteiger partial charge in [-0.25, -0.2) is 5.43 Å². The summed E-state index contributed by atoms with van der Waals surface area (Å²) in [6.07, 6.45) is 0. The van der Waals surface area contributed by atoms with Gasteiger partial charge in [-0.3, -0.25) is 9.59 Å². The summed E-state index contributed by atoms with van der Waals surface area (Å²) in [5, 5.41) is 6.72. The van der Waals surface area contributed by atoms with Gasteiger partial charge in [-0.2, -0.15) is 5.10 Å². The summed E-state index contributed by atoms with van der Waals surface area (Å²) in [4.78, 5) is 23.6. The lowest BCUT2D eigenvalue weighted by molar-refractivity contribution is -0.136. The molecule has 0 saturated heterocycles. The van der Waals surface area contributed by atoms with E-state index in [1.165, 1.54) is 0 Å². The summed E-state index contributed by atoms with van der Waals surface area (Å²) in [6, 6.07) is 14.3. The van der Waals surface area contributed by atoms with Crippen molar-refractivity contribution >= 4 is 34.8 Å². The Morgan fingerprint density at radius 3 is 2.30 bits per heavy atom. The fourth-order valence-corrected chi connectivity index (χ4v) is 1.97. The summed E-state index contributed by atoms with van der Waals surface area (Å²) < 4.78 is 0. The van der Waals surface area contributed by atoms with Crippen LogP contribution in [-0.2, 0) is 9.59 Å². The molecule has 5 nitrogen and oxygen atoms in total. The maximum absolute atomic E-state index is 11.8. The molecular formula is C17H16ClN3O2. The Balaban J connectivity index is 1.98. The van der Waals surface area contributed by atoms with E-state index in [0.717, 1.165) is 11.1 Å². The molecule has 0 aliphatic rings. The van der Waals surface area contributed by atoms with E-state index >= 15 is 0 Å². The van der Waals surface area contributed by atoms with E-state index in [-0.39, 0.29) is 0 Å². The number of para-hydroxylation sites is 1. The van der Waals surface area contributed by atoms with Crippen LogP contribution in [0.2, 0.25) is 5.02 Å². The van der Waals surface area contributed by atoms with Crippen molar-refractivity contribution in [2.45, 2.75) is 13.8 Å². The number of anilines is 1. The number of nitrogens with one attached hydrogen (secondary N) is 2. The molecule has 0 bridgehead atoms. The van der Waals surface area contributed by atoms with E-state index in [2.05, 4.69) is 15.8 Å². The molecule has 2 N–H and O–H groups in total. The van der Waals surface area contributed by atoms with Gasteiger partial charge in [0.05, 0.1) is 16.4 Å². The van der Waals surface area contributed by atoms with Gasteiger partial charge in [0.15, 0.2) is 0 Å². The van der Waals surface area contributed by atoms with Crippen LogP contribution < -0.4 is 10.7 Å². The third-order valence-corrected chi connectivity index (χ3v) is 3.45. The number of hydrogen-bond donors (Lipinski definition) is 2. The topological polar surface area (TPSA) is 70.6 Å². The van der Waals surface area contributed by atoms with Gasteiger partial charge in [0.2, 0.25) is 0 Å². The third-order valence-electron chi connectivity index (χ3n) is 3.12. The van der Waals surface area contributed by atoms with Crippen LogP contribution in [0.15, 0.2) is 53.6 Å². The molecule has 2 rings (SSSR count). The number of nitrogens with zero attached hydrogens (tertiary/aromatic N) is 1. The van der Waals surface area contributed by atoms with Gasteiger partial charge in [0.25, 0.3) is 0 Å². The number of carbonyl (C=O) groups is 2. The second-order valence-corrected chi connectivity index (χ2v) is 5.35. The molecule has 0 saturated carbocycles. The van der Waals surface area contributed by atoms with E-state index < -0.39 is 11.8 Å². The summed E-state index contributed by atoms with van der Waals surface area (Å²) in [5.74, 6) is -1.70. The van der Waals surface area contributed by atoms with Crippen molar-refractivity contribution in [3.05, 3.63) is 64.7 Å². The molecule has 0 atom stereocenters. The van der Waals surface area contributed by atoms with Crippen LogP contribution in [-0.4, -0.2) is 17.5 Å². The van der Waals surface area contributed by atoms with Crippen LogP contribution in [0.5, 0.6) is 0 Å². The number of benzene rings is 2. The van der Waals surface area contributed by atoms with Gasteiger partial charge < -0.3 is 5.32 Å². The highest BCUT2D eigenvalue weighted by Gasteiger charge is 2.14. The Labute approximate surface area is 139 Å². The Bertz CT molecular complexity index is 755. The van der Waals surface area contributed by atoms with Gasteiger partial charge >= 0.3 is 11.8 Å². The van der Waals surface area contributed by atoms with E-state index in [9.17, 15) is 9.59 Å². The zero-order valence-corrected chi connectivity index (χ0v) is 13.5. The highest BCUT2D eigenvalue weighted by atomic mass is 35.5. The Hall–Kier alpha value is -2.66. The van der Waals surface area contributed by atoms with E-state index in [1.54, 1.807) is 31.2 Å². The molecule has 118 valence electrons. The smallest absolute Gasteiger partial charge is 0.316 e. The average Bonchev–Trinajstić information content (AvgIpc) is 2.55. The molecule has 6 heteroatoms. The van der Waals surface area contributed by atoms with Crippen LogP contribution in [0.3, 0.4) is 0 Å². The van der Waals surface area contributed by atoms with Crippen LogP contribution in [0.4, 0.5) is 5.69 Å². The molecule has 2 aromatic carbocycles. The maximum atomic E-state index is 11.8. The predicted octanol–water partition coefficient (Wildman–Crippen LogP) is 3.13. The van der Waals surface area contributed by atoms with Crippen molar-refractivity contribution in [3.8, 4) is 0 Å². The normalized spacial score (nSPS) is 11.0. The predicted molar refractivity (Wildman–Crippen MR) is 91.6 cm³/mol. The van der Waals surface area contributed by atoms with Gasteiger partial charge in [-0.15, -0.1) is 0 Å². The molecule has 2 amide bonds. The summed E-state index contributed by atoms with van der Waals surface area (Å²) >= 11 is 5.92. The van der Waals surface area contributed by atoms with Crippen molar-refractivity contribution in [3.63, 3.8) is 0 Å². The van der Waals surface area contributed by atoms with Crippen molar-refractivity contribution in [1.29, 1.82) is 0 Å². The first-order chi connectivity index (χ1) is 11.0. The minimum atomic E-state index is -0.864. The van der Waals surface area contributed by atoms with Crippen molar-refractivity contribution in [2.75, 3.05) is 5.32 Å². The van der Waals surface area contributed by atoms with Crippen molar-refractivity contribution in [2.24, 2.45) is 5.10 Å². The lowest BCUT2D eigenvalue weighted by Gasteiger charge is -2.06. The number of halogens is 1. The molecule has 0 spiro atoms. The van der Waals surface area contributed by atoms with Gasteiger partial charge in [0.1, 0.15) is 0 Å². The molecule has 0 unspecified atom stereocenters. The lowest BCUT2D eigenvalue weighted by atomic mass is 10.1. The van der Waals surface area contributed by atoms with Gasteiger partial charge in [-0.05, 0) is 31.5 Å². The largest absolute Gasteiger partial charge is 0.329 e. The zero-order valence-electron chi connectivity index (χ0n) is 12.8. The molecule has 0 fully saturated rings. The quantitative estimate of drug-likeness (QED) is 0.516. The standard InChI is InChI=1S/C17H16ClN3O2/c1-11-7-9-13(10-8-11)12(2)20-21-17(23)16(22)19-15-6-4-3-5-14(15)18/h3-10H,1-2H3,(H,19,22)(H,21,23). The van der Waals surface area contributed by atoms with E-state index in [4.69, 9.17) is 11.6 Å². The number of hydrogen-bond acceptors (Lipinski definition) is 3. The van der Waals surface area contributed by atoms with Gasteiger partial charge in [-0.1, -0.05) is 53.6 Å². The Morgan fingerprint density at radius 1 is 1.00 bits per heavy atom. The molecule has 0 heterocycles. The maximum Gasteiger partial charge on any atom is 0.329 e. The lowest BCUT2D eigenvalue weighted by Crippen LogP contribution is -2.33. The number of rotatable bonds is 3. The highest BCUT2D eigenvalue weighted by Crippen LogP contribution is 2.20. The number of amides is 2. The summed E-state index contributed by atoms with van der Waals surface area (Å²) in [7, 11) is 0. The van der Waals surface area contributed by atoms with Gasteiger partial charge in [0, 0.05) is 0 Å². The summed E-state index contributed by atoms with van der Waals surface area (Å²) in [5.41, 5.74) is 5.19. The monoisotopic (exact) mass is 329 g/mol. The molecule has 2 aromatic rings. The molecule has 0 aliphatic heterocycles. The third kappa shape index (κ3) is 4.66. The molecule has 0 aromatic heterocycles. The Kier molecular flexibility index (Phi) is 5.49. The molecule has 23 heavy (non-hydrogen) atoms. The number of aryl methyl sites for hydroxylation is 1. The fourth-order valence-electron chi connectivity index (χ4n) is 1.79. The fraction of sp³-hybridized carbons (Fsp3) is 0.118. The van der Waals surface area contributed by atoms with Crippen LogP contribution in [0.25, 0.3) is 0 Å². The molecule has 0 aliphatic carbocycles. The first-order valence-corrected chi connectivity index (χ1v) is 7.32. The first-order valence-electron chi connectivity index (χ1n) is 6.94. The minimum Gasteiger partial charge on any atom is -0.316 e.